The molecule has 1 aromatic heterocycles. The molecule has 0 radical (unpaired) electrons. The summed E-state index contributed by atoms with van der Waals surface area (Å²) in [6.07, 6.45) is 2.12. The standard InChI is InChI=1S/C11H13ClN2O2/c12-6-11(4-5-11)7-13-10(16)8-2-1-3-9(15)14-8/h1-3H,4-7H2,(H,13,16)(H,14,15). The summed E-state index contributed by atoms with van der Waals surface area (Å²) in [5, 5.41) is 2.79. The second-order valence-electron chi connectivity index (χ2n) is 4.25. The van der Waals surface area contributed by atoms with Crippen molar-refractivity contribution < 1.29 is 4.79 Å². The van der Waals surface area contributed by atoms with Gasteiger partial charge >= 0.3 is 0 Å². The van der Waals surface area contributed by atoms with Crippen molar-refractivity contribution in [2.24, 2.45) is 5.41 Å². The van der Waals surface area contributed by atoms with Gasteiger partial charge in [0.1, 0.15) is 5.69 Å². The average Bonchev–Trinajstić information content (AvgIpc) is 3.07. The Bertz CT molecular complexity index is 451. The molecular formula is C11H13ClN2O2. The van der Waals surface area contributed by atoms with Crippen LogP contribution in [0.3, 0.4) is 0 Å². The smallest absolute Gasteiger partial charge is 0.267 e. The number of halogens is 1. The molecule has 1 heterocycles. The zero-order valence-electron chi connectivity index (χ0n) is 8.75. The first kappa shape index (κ1) is 11.2. The monoisotopic (exact) mass is 240 g/mol. The fraction of sp³-hybridized carbons (Fsp3) is 0.455. The van der Waals surface area contributed by atoms with Gasteiger partial charge in [-0.15, -0.1) is 11.6 Å². The fourth-order valence-electron chi connectivity index (χ4n) is 1.48. The highest BCUT2D eigenvalue weighted by atomic mass is 35.5. The van der Waals surface area contributed by atoms with Gasteiger partial charge in [0.05, 0.1) is 0 Å². The summed E-state index contributed by atoms with van der Waals surface area (Å²) in [6.45, 7) is 0.576. The number of H-pyrrole nitrogens is 1. The van der Waals surface area contributed by atoms with E-state index in [4.69, 9.17) is 11.6 Å². The lowest BCUT2D eigenvalue weighted by molar-refractivity contribution is 0.0941. The topological polar surface area (TPSA) is 62.0 Å². The van der Waals surface area contributed by atoms with E-state index in [0.29, 0.717) is 12.4 Å². The average molecular weight is 241 g/mol. The van der Waals surface area contributed by atoms with Crippen LogP contribution in [0, 0.1) is 5.41 Å². The van der Waals surface area contributed by atoms with Crippen LogP contribution >= 0.6 is 11.6 Å². The normalized spacial score (nSPS) is 16.8. The largest absolute Gasteiger partial charge is 0.350 e. The van der Waals surface area contributed by atoms with E-state index < -0.39 is 0 Å². The summed E-state index contributed by atoms with van der Waals surface area (Å²) >= 11 is 5.80. The fourth-order valence-corrected chi connectivity index (χ4v) is 1.84. The van der Waals surface area contributed by atoms with Crippen molar-refractivity contribution >= 4 is 17.5 Å². The summed E-state index contributed by atoms with van der Waals surface area (Å²) in [7, 11) is 0. The predicted molar refractivity (Wildman–Crippen MR) is 61.8 cm³/mol. The van der Waals surface area contributed by atoms with Gasteiger partial charge in [-0.05, 0) is 18.9 Å². The molecule has 2 rings (SSSR count). The molecule has 2 N–H and O–H groups in total. The zero-order chi connectivity index (χ0) is 11.6. The Morgan fingerprint density at radius 3 is 2.81 bits per heavy atom. The minimum atomic E-state index is -0.272. The lowest BCUT2D eigenvalue weighted by Gasteiger charge is -2.11. The third-order valence-corrected chi connectivity index (χ3v) is 3.44. The first-order valence-corrected chi connectivity index (χ1v) is 5.72. The third kappa shape index (κ3) is 2.44. The van der Waals surface area contributed by atoms with Crippen LogP contribution in [0.1, 0.15) is 23.3 Å². The Labute approximate surface area is 98.0 Å². The van der Waals surface area contributed by atoms with Crippen molar-refractivity contribution in [1.82, 2.24) is 10.3 Å². The lowest BCUT2D eigenvalue weighted by Crippen LogP contribution is -2.32. The summed E-state index contributed by atoms with van der Waals surface area (Å²) < 4.78 is 0. The van der Waals surface area contributed by atoms with Crippen molar-refractivity contribution in [3.05, 3.63) is 34.2 Å². The molecule has 0 aliphatic heterocycles. The molecule has 1 saturated carbocycles. The number of aromatic nitrogens is 1. The van der Waals surface area contributed by atoms with Gasteiger partial charge in [-0.1, -0.05) is 6.07 Å². The number of hydrogen-bond donors (Lipinski definition) is 2. The van der Waals surface area contributed by atoms with Crippen LogP contribution < -0.4 is 10.9 Å². The van der Waals surface area contributed by atoms with Crippen LogP contribution in [0.25, 0.3) is 0 Å². The van der Waals surface area contributed by atoms with Crippen molar-refractivity contribution in [1.29, 1.82) is 0 Å². The molecule has 0 unspecified atom stereocenters. The number of rotatable bonds is 4. The molecule has 0 bridgehead atoms. The molecule has 16 heavy (non-hydrogen) atoms. The van der Waals surface area contributed by atoms with E-state index in [1.165, 1.54) is 6.07 Å². The molecule has 1 aliphatic carbocycles. The molecule has 1 amide bonds. The Balaban J connectivity index is 1.96. The number of amides is 1. The quantitative estimate of drug-likeness (QED) is 0.775. The number of aromatic amines is 1. The lowest BCUT2D eigenvalue weighted by atomic mass is 10.1. The van der Waals surface area contributed by atoms with Gasteiger partial charge in [0.15, 0.2) is 0 Å². The maximum Gasteiger partial charge on any atom is 0.267 e. The van der Waals surface area contributed by atoms with Gasteiger partial charge in [-0.3, -0.25) is 9.59 Å². The number of carbonyl (C=O) groups excluding carboxylic acids is 1. The van der Waals surface area contributed by atoms with Crippen LogP contribution in [0.5, 0.6) is 0 Å². The van der Waals surface area contributed by atoms with E-state index in [-0.39, 0.29) is 22.6 Å². The number of carbonyl (C=O) groups is 1. The van der Waals surface area contributed by atoms with E-state index in [2.05, 4.69) is 10.3 Å². The minimum Gasteiger partial charge on any atom is -0.350 e. The van der Waals surface area contributed by atoms with Crippen LogP contribution in [0.4, 0.5) is 0 Å². The summed E-state index contributed by atoms with van der Waals surface area (Å²) in [4.78, 5) is 25.2. The zero-order valence-corrected chi connectivity index (χ0v) is 9.51. The van der Waals surface area contributed by atoms with Crippen molar-refractivity contribution in [3.63, 3.8) is 0 Å². The van der Waals surface area contributed by atoms with E-state index in [0.717, 1.165) is 12.8 Å². The van der Waals surface area contributed by atoms with Gasteiger partial charge in [-0.25, -0.2) is 0 Å². The van der Waals surface area contributed by atoms with Crippen LogP contribution in [0.15, 0.2) is 23.0 Å². The van der Waals surface area contributed by atoms with Gasteiger partial charge in [0, 0.05) is 23.9 Å². The first-order valence-electron chi connectivity index (χ1n) is 5.19. The molecule has 0 atom stereocenters. The van der Waals surface area contributed by atoms with Gasteiger partial charge < -0.3 is 10.3 Å². The number of hydrogen-bond acceptors (Lipinski definition) is 2. The van der Waals surface area contributed by atoms with Crippen LogP contribution in [0.2, 0.25) is 0 Å². The molecule has 4 nitrogen and oxygen atoms in total. The van der Waals surface area contributed by atoms with Gasteiger partial charge in [0.25, 0.3) is 5.91 Å². The molecule has 1 fully saturated rings. The molecule has 0 saturated heterocycles. The number of alkyl halides is 1. The molecule has 5 heteroatoms. The first-order chi connectivity index (χ1) is 7.65. The maximum absolute atomic E-state index is 11.7. The highest BCUT2D eigenvalue weighted by Gasteiger charge is 2.41. The van der Waals surface area contributed by atoms with Crippen LogP contribution in [-0.2, 0) is 0 Å². The Kier molecular flexibility index (Phi) is 3.01. The van der Waals surface area contributed by atoms with Gasteiger partial charge in [-0.2, -0.15) is 0 Å². The SMILES string of the molecule is O=C(NCC1(CCl)CC1)c1cccc(=O)[nH]1. The van der Waals surface area contributed by atoms with Crippen molar-refractivity contribution in [2.75, 3.05) is 12.4 Å². The summed E-state index contributed by atoms with van der Waals surface area (Å²) in [5.74, 6) is 0.313. The second kappa shape index (κ2) is 4.29. The van der Waals surface area contributed by atoms with E-state index in [9.17, 15) is 9.59 Å². The second-order valence-corrected chi connectivity index (χ2v) is 4.51. The Morgan fingerprint density at radius 1 is 1.50 bits per heavy atom. The number of pyridine rings is 1. The van der Waals surface area contributed by atoms with Gasteiger partial charge in [0.2, 0.25) is 5.56 Å². The highest BCUT2D eigenvalue weighted by Crippen LogP contribution is 2.45. The van der Waals surface area contributed by atoms with E-state index in [1.807, 2.05) is 0 Å². The van der Waals surface area contributed by atoms with E-state index in [1.54, 1.807) is 12.1 Å². The molecular weight excluding hydrogens is 228 g/mol. The summed E-state index contributed by atoms with van der Waals surface area (Å²) in [6, 6.07) is 4.51. The van der Waals surface area contributed by atoms with Crippen LogP contribution in [-0.4, -0.2) is 23.3 Å². The molecule has 1 aromatic rings. The molecule has 1 aliphatic rings. The maximum atomic E-state index is 11.7. The Morgan fingerprint density at radius 2 is 2.25 bits per heavy atom. The molecule has 86 valence electrons. The number of nitrogens with one attached hydrogen (secondary N) is 2. The van der Waals surface area contributed by atoms with Crippen molar-refractivity contribution in [3.8, 4) is 0 Å². The van der Waals surface area contributed by atoms with E-state index >= 15 is 0 Å². The summed E-state index contributed by atoms with van der Waals surface area (Å²) in [5.41, 5.74) is 0.107. The third-order valence-electron chi connectivity index (χ3n) is 2.88. The molecule has 0 aromatic carbocycles. The Hall–Kier alpha value is -1.29. The van der Waals surface area contributed by atoms with Crippen molar-refractivity contribution in [2.45, 2.75) is 12.8 Å². The molecule has 0 spiro atoms. The highest BCUT2D eigenvalue weighted by molar-refractivity contribution is 6.18. The predicted octanol–water partition coefficient (Wildman–Crippen LogP) is 1.12. The minimum absolute atomic E-state index is 0.0896.